The van der Waals surface area contributed by atoms with E-state index in [0.717, 1.165) is 56.4 Å². The van der Waals surface area contributed by atoms with Crippen molar-refractivity contribution in [2.75, 3.05) is 32.9 Å². The van der Waals surface area contributed by atoms with Crippen molar-refractivity contribution in [1.29, 1.82) is 0 Å². The second-order valence-corrected chi connectivity index (χ2v) is 6.27. The summed E-state index contributed by atoms with van der Waals surface area (Å²) < 4.78 is 11.5. The predicted molar refractivity (Wildman–Crippen MR) is 98.7 cm³/mol. The summed E-state index contributed by atoms with van der Waals surface area (Å²) in [5.74, 6) is 2.30. The summed E-state index contributed by atoms with van der Waals surface area (Å²) in [6, 6.07) is 6.33. The number of aryl methyl sites for hydroxylation is 1. The van der Waals surface area contributed by atoms with Crippen LogP contribution in [0.2, 0.25) is 0 Å². The molecule has 1 aromatic rings. The van der Waals surface area contributed by atoms with Gasteiger partial charge in [0.15, 0.2) is 5.96 Å². The van der Waals surface area contributed by atoms with Gasteiger partial charge in [0.25, 0.3) is 0 Å². The lowest BCUT2D eigenvalue weighted by Crippen LogP contribution is -2.37. The maximum atomic E-state index is 6.09. The fourth-order valence-corrected chi connectivity index (χ4v) is 2.60. The topological polar surface area (TPSA) is 54.9 Å². The van der Waals surface area contributed by atoms with Gasteiger partial charge in [0.2, 0.25) is 0 Å². The van der Waals surface area contributed by atoms with Crippen LogP contribution in [0.15, 0.2) is 23.2 Å². The van der Waals surface area contributed by atoms with Crippen LogP contribution in [-0.4, -0.2) is 38.9 Å². The van der Waals surface area contributed by atoms with E-state index in [1.54, 1.807) is 0 Å². The van der Waals surface area contributed by atoms with Crippen molar-refractivity contribution in [3.8, 4) is 5.75 Å². The highest BCUT2D eigenvalue weighted by molar-refractivity contribution is 5.79. The van der Waals surface area contributed by atoms with Crippen molar-refractivity contribution >= 4 is 5.96 Å². The number of nitrogens with zero attached hydrogens (tertiary/aromatic N) is 1. The fraction of sp³-hybridized carbons (Fsp3) is 0.632. The molecule has 1 unspecified atom stereocenters. The lowest BCUT2D eigenvalue weighted by Gasteiger charge is -2.15. The minimum Gasteiger partial charge on any atom is -0.493 e. The molecule has 1 atom stereocenters. The van der Waals surface area contributed by atoms with Crippen LogP contribution >= 0.6 is 0 Å². The van der Waals surface area contributed by atoms with Gasteiger partial charge in [-0.1, -0.05) is 19.1 Å². The molecule has 1 heterocycles. The Morgan fingerprint density at radius 1 is 1.33 bits per heavy atom. The first kappa shape index (κ1) is 18.6. The molecule has 2 N–H and O–H groups in total. The monoisotopic (exact) mass is 333 g/mol. The predicted octanol–water partition coefficient (Wildman–Crippen LogP) is 2.88. The molecule has 1 aliphatic rings. The summed E-state index contributed by atoms with van der Waals surface area (Å²) in [6.45, 7) is 11.1. The maximum Gasteiger partial charge on any atom is 0.191 e. The third-order valence-electron chi connectivity index (χ3n) is 4.02. The maximum absolute atomic E-state index is 6.09. The summed E-state index contributed by atoms with van der Waals surface area (Å²) in [5, 5.41) is 6.61. The Bertz CT molecular complexity index is 525. The summed E-state index contributed by atoms with van der Waals surface area (Å²) in [6.07, 6.45) is 2.16. The number of hydrogen-bond acceptors (Lipinski definition) is 3. The minimum atomic E-state index is 0.505. The summed E-state index contributed by atoms with van der Waals surface area (Å²) in [4.78, 5) is 4.68. The molecule has 1 aliphatic heterocycles. The largest absolute Gasteiger partial charge is 0.493 e. The van der Waals surface area contributed by atoms with Crippen LogP contribution in [0.25, 0.3) is 0 Å². The number of aliphatic imine (C=N–C) groups is 1. The van der Waals surface area contributed by atoms with E-state index in [0.29, 0.717) is 19.1 Å². The van der Waals surface area contributed by atoms with Gasteiger partial charge in [-0.15, -0.1) is 0 Å². The van der Waals surface area contributed by atoms with Gasteiger partial charge in [0.1, 0.15) is 5.75 Å². The zero-order valence-electron chi connectivity index (χ0n) is 15.2. The van der Waals surface area contributed by atoms with E-state index in [1.807, 2.05) is 0 Å². The fourth-order valence-electron chi connectivity index (χ4n) is 2.60. The normalized spacial score (nSPS) is 17.8. The van der Waals surface area contributed by atoms with E-state index in [1.165, 1.54) is 5.56 Å². The number of benzene rings is 1. The molecule has 0 aliphatic carbocycles. The first-order chi connectivity index (χ1) is 11.7. The van der Waals surface area contributed by atoms with Crippen molar-refractivity contribution < 1.29 is 9.47 Å². The van der Waals surface area contributed by atoms with E-state index in [2.05, 4.69) is 54.6 Å². The smallest absolute Gasteiger partial charge is 0.191 e. The molecule has 1 saturated heterocycles. The number of rotatable bonds is 8. The lowest BCUT2D eigenvalue weighted by atomic mass is 10.1. The average Bonchev–Trinajstić information content (AvgIpc) is 3.10. The van der Waals surface area contributed by atoms with Crippen molar-refractivity contribution in [3.05, 3.63) is 29.3 Å². The first-order valence-electron chi connectivity index (χ1n) is 9.05. The summed E-state index contributed by atoms with van der Waals surface area (Å²) in [7, 11) is 0. The molecular formula is C19H31N3O2. The average molecular weight is 333 g/mol. The van der Waals surface area contributed by atoms with E-state index in [9.17, 15) is 0 Å². The van der Waals surface area contributed by atoms with Gasteiger partial charge in [-0.05, 0) is 38.3 Å². The van der Waals surface area contributed by atoms with E-state index in [-0.39, 0.29) is 0 Å². The van der Waals surface area contributed by atoms with E-state index in [4.69, 9.17) is 9.47 Å². The van der Waals surface area contributed by atoms with Crippen LogP contribution in [0.4, 0.5) is 0 Å². The minimum absolute atomic E-state index is 0.505. The quantitative estimate of drug-likeness (QED) is 0.567. The van der Waals surface area contributed by atoms with Crippen LogP contribution in [-0.2, 0) is 11.3 Å². The molecule has 2 rings (SSSR count). The van der Waals surface area contributed by atoms with Crippen molar-refractivity contribution in [2.45, 2.75) is 40.2 Å². The molecule has 1 aromatic carbocycles. The van der Waals surface area contributed by atoms with Crippen LogP contribution < -0.4 is 15.4 Å². The van der Waals surface area contributed by atoms with Crippen molar-refractivity contribution in [1.82, 2.24) is 10.6 Å². The lowest BCUT2D eigenvalue weighted by molar-refractivity contribution is 0.166. The SMILES string of the molecule is CCCNC(=NCc1ccc(C)cc1OCC1CCOC1)NCC. The standard InChI is InChI=1S/C19H31N3O2/c1-4-9-21-19(20-5-2)22-12-17-7-6-15(3)11-18(17)24-14-16-8-10-23-13-16/h6-7,11,16H,4-5,8-10,12-14H2,1-3H3,(H2,20,21,22). The molecule has 0 radical (unpaired) electrons. The van der Waals surface area contributed by atoms with Gasteiger partial charge >= 0.3 is 0 Å². The molecule has 0 spiro atoms. The Balaban J connectivity index is 2.01. The number of nitrogens with one attached hydrogen (secondary N) is 2. The van der Waals surface area contributed by atoms with E-state index < -0.39 is 0 Å². The van der Waals surface area contributed by atoms with Gasteiger partial charge < -0.3 is 20.1 Å². The highest BCUT2D eigenvalue weighted by atomic mass is 16.5. The summed E-state index contributed by atoms with van der Waals surface area (Å²) >= 11 is 0. The zero-order valence-corrected chi connectivity index (χ0v) is 15.2. The number of hydrogen-bond donors (Lipinski definition) is 2. The van der Waals surface area contributed by atoms with Gasteiger partial charge in [-0.2, -0.15) is 0 Å². The molecule has 1 fully saturated rings. The number of guanidine groups is 1. The zero-order chi connectivity index (χ0) is 17.2. The Kier molecular flexibility index (Phi) is 7.89. The third kappa shape index (κ3) is 6.04. The Labute approximate surface area is 145 Å². The Morgan fingerprint density at radius 2 is 2.21 bits per heavy atom. The van der Waals surface area contributed by atoms with Crippen LogP contribution in [0.5, 0.6) is 5.75 Å². The molecule has 5 heteroatoms. The molecule has 134 valence electrons. The highest BCUT2D eigenvalue weighted by Crippen LogP contribution is 2.23. The second kappa shape index (κ2) is 10.2. The Morgan fingerprint density at radius 3 is 2.92 bits per heavy atom. The number of ether oxygens (including phenoxy) is 2. The molecule has 0 saturated carbocycles. The van der Waals surface area contributed by atoms with Gasteiger partial charge in [-0.25, -0.2) is 4.99 Å². The van der Waals surface area contributed by atoms with Crippen LogP contribution in [0.1, 0.15) is 37.8 Å². The van der Waals surface area contributed by atoms with E-state index >= 15 is 0 Å². The Hall–Kier alpha value is -1.75. The summed E-state index contributed by atoms with van der Waals surface area (Å²) in [5.41, 5.74) is 2.32. The molecule has 5 nitrogen and oxygen atoms in total. The van der Waals surface area contributed by atoms with Crippen molar-refractivity contribution in [3.63, 3.8) is 0 Å². The van der Waals surface area contributed by atoms with Gasteiger partial charge in [0.05, 0.1) is 19.8 Å². The molecule has 0 aromatic heterocycles. The van der Waals surface area contributed by atoms with Crippen LogP contribution in [0, 0.1) is 12.8 Å². The van der Waals surface area contributed by atoms with Crippen molar-refractivity contribution in [2.24, 2.45) is 10.9 Å². The molecular weight excluding hydrogens is 302 g/mol. The van der Waals surface area contributed by atoms with Crippen LogP contribution in [0.3, 0.4) is 0 Å². The second-order valence-electron chi connectivity index (χ2n) is 6.27. The first-order valence-corrected chi connectivity index (χ1v) is 9.05. The highest BCUT2D eigenvalue weighted by Gasteiger charge is 2.17. The van der Waals surface area contributed by atoms with Gasteiger partial charge in [-0.3, -0.25) is 0 Å². The molecule has 0 amide bonds. The van der Waals surface area contributed by atoms with Gasteiger partial charge in [0, 0.05) is 31.2 Å². The molecule has 24 heavy (non-hydrogen) atoms. The third-order valence-corrected chi connectivity index (χ3v) is 4.02. The molecule has 0 bridgehead atoms.